The van der Waals surface area contributed by atoms with E-state index in [1.54, 1.807) is 0 Å². The SMILES string of the molecule is CCCCCCCCO[C@@H]1OC(CO[C@H]2O[C@H](C(=O)O)[C@H](O)[C@H](O)[C@H]2O)[C@@H](O)[C@H](O)[C@H]1O. The van der Waals surface area contributed by atoms with Crippen molar-refractivity contribution >= 4 is 5.97 Å². The van der Waals surface area contributed by atoms with Crippen LogP contribution in [0, 0.1) is 0 Å². The van der Waals surface area contributed by atoms with Crippen molar-refractivity contribution in [2.75, 3.05) is 13.2 Å². The van der Waals surface area contributed by atoms with E-state index in [2.05, 4.69) is 6.92 Å². The van der Waals surface area contributed by atoms with Crippen LogP contribution < -0.4 is 0 Å². The van der Waals surface area contributed by atoms with E-state index in [1.807, 2.05) is 0 Å². The predicted molar refractivity (Wildman–Crippen MR) is 106 cm³/mol. The van der Waals surface area contributed by atoms with Gasteiger partial charge in [0.2, 0.25) is 0 Å². The number of carboxylic acids is 1. The summed E-state index contributed by atoms with van der Waals surface area (Å²) in [5.74, 6) is -1.56. The first-order chi connectivity index (χ1) is 15.2. The number of rotatable bonds is 12. The standard InChI is InChI=1S/C20H36O12/c1-2-3-4-5-6-7-8-29-19-15(25)12(22)11(21)10(31-19)9-30-20-16(26)13(23)14(24)17(32-20)18(27)28/h10-17,19-26H,2-9H2,1H3,(H,27,28)/t10?,11-,12+,13+,14-,15-,16-,17+,19-,20+/m1/s1. The van der Waals surface area contributed by atoms with Crippen molar-refractivity contribution in [1.29, 1.82) is 0 Å². The zero-order valence-corrected chi connectivity index (χ0v) is 18.1. The van der Waals surface area contributed by atoms with Gasteiger partial charge in [-0.05, 0) is 6.42 Å². The molecule has 10 atom stereocenters. The lowest BCUT2D eigenvalue weighted by atomic mass is 9.98. The molecule has 2 saturated heterocycles. The molecule has 0 aromatic rings. The second-order valence-corrected chi connectivity index (χ2v) is 8.22. The van der Waals surface area contributed by atoms with E-state index in [4.69, 9.17) is 24.1 Å². The van der Waals surface area contributed by atoms with E-state index in [-0.39, 0.29) is 6.61 Å². The Morgan fingerprint density at radius 2 is 1.28 bits per heavy atom. The number of hydrogen-bond donors (Lipinski definition) is 7. The molecule has 2 fully saturated rings. The van der Waals surface area contributed by atoms with Crippen LogP contribution in [-0.4, -0.2) is 116 Å². The molecule has 0 radical (unpaired) electrons. The van der Waals surface area contributed by atoms with Crippen LogP contribution in [0.1, 0.15) is 45.4 Å². The number of ether oxygens (including phenoxy) is 4. The van der Waals surface area contributed by atoms with Crippen molar-refractivity contribution < 1.29 is 59.5 Å². The molecule has 12 nitrogen and oxygen atoms in total. The first-order valence-corrected chi connectivity index (χ1v) is 11.0. The van der Waals surface area contributed by atoms with Gasteiger partial charge < -0.3 is 54.7 Å². The summed E-state index contributed by atoms with van der Waals surface area (Å²) >= 11 is 0. The number of aliphatic hydroxyl groups excluding tert-OH is 6. The van der Waals surface area contributed by atoms with Gasteiger partial charge in [0.1, 0.15) is 42.7 Å². The maximum Gasteiger partial charge on any atom is 0.335 e. The highest BCUT2D eigenvalue weighted by molar-refractivity contribution is 5.73. The van der Waals surface area contributed by atoms with Gasteiger partial charge in [0.25, 0.3) is 0 Å². The molecule has 7 N–H and O–H groups in total. The maximum absolute atomic E-state index is 11.2. The van der Waals surface area contributed by atoms with Crippen molar-refractivity contribution in [3.63, 3.8) is 0 Å². The Morgan fingerprint density at radius 1 is 0.719 bits per heavy atom. The molecule has 188 valence electrons. The quantitative estimate of drug-likeness (QED) is 0.157. The molecule has 12 heteroatoms. The van der Waals surface area contributed by atoms with Crippen LogP contribution >= 0.6 is 0 Å². The van der Waals surface area contributed by atoms with E-state index < -0.39 is 74.0 Å². The first-order valence-electron chi connectivity index (χ1n) is 11.0. The average molecular weight is 468 g/mol. The summed E-state index contributed by atoms with van der Waals surface area (Å²) in [7, 11) is 0. The van der Waals surface area contributed by atoms with E-state index >= 15 is 0 Å². The molecule has 0 aromatic heterocycles. The zero-order chi connectivity index (χ0) is 23.8. The number of hydrogen-bond acceptors (Lipinski definition) is 11. The largest absolute Gasteiger partial charge is 0.479 e. The number of unbranched alkanes of at least 4 members (excludes halogenated alkanes) is 5. The van der Waals surface area contributed by atoms with Gasteiger partial charge in [-0.3, -0.25) is 0 Å². The Hall–Kier alpha value is -0.930. The fourth-order valence-corrected chi connectivity index (χ4v) is 3.65. The van der Waals surface area contributed by atoms with Gasteiger partial charge in [0, 0.05) is 6.61 Å². The molecular weight excluding hydrogens is 432 g/mol. The lowest BCUT2D eigenvalue weighted by Crippen LogP contribution is -2.62. The summed E-state index contributed by atoms with van der Waals surface area (Å²) in [5, 5.41) is 69.0. The minimum atomic E-state index is -1.87. The summed E-state index contributed by atoms with van der Waals surface area (Å²) in [4.78, 5) is 11.2. The normalized spacial score (nSPS) is 40.3. The first kappa shape index (κ1) is 27.3. The number of carbonyl (C=O) groups is 1. The van der Waals surface area contributed by atoms with Crippen molar-refractivity contribution in [2.45, 2.75) is 107 Å². The van der Waals surface area contributed by atoms with Crippen molar-refractivity contribution in [1.82, 2.24) is 0 Å². The second kappa shape index (κ2) is 13.1. The Labute approximate surface area is 186 Å². The minimum Gasteiger partial charge on any atom is -0.479 e. The predicted octanol–water partition coefficient (Wildman–Crippen LogP) is -1.92. The van der Waals surface area contributed by atoms with Crippen LogP contribution in [0.15, 0.2) is 0 Å². The second-order valence-electron chi connectivity index (χ2n) is 8.22. The Morgan fingerprint density at radius 3 is 1.91 bits per heavy atom. The third kappa shape index (κ3) is 7.03. The molecule has 0 saturated carbocycles. The third-order valence-electron chi connectivity index (χ3n) is 5.69. The molecule has 0 amide bonds. The summed E-state index contributed by atoms with van der Waals surface area (Å²) in [6.07, 6.45) is -9.86. The highest BCUT2D eigenvalue weighted by Crippen LogP contribution is 2.26. The Kier molecular flexibility index (Phi) is 11.2. The van der Waals surface area contributed by atoms with E-state index in [0.29, 0.717) is 0 Å². The smallest absolute Gasteiger partial charge is 0.335 e. The minimum absolute atomic E-state index is 0.277. The van der Waals surface area contributed by atoms with Gasteiger partial charge in [-0.25, -0.2) is 4.79 Å². The Bertz CT molecular complexity index is 563. The van der Waals surface area contributed by atoms with Gasteiger partial charge in [-0.1, -0.05) is 39.0 Å². The average Bonchev–Trinajstić information content (AvgIpc) is 2.76. The lowest BCUT2D eigenvalue weighted by Gasteiger charge is -2.42. The molecule has 2 aliphatic heterocycles. The number of carboxylic acid groups (broad SMARTS) is 1. The van der Waals surface area contributed by atoms with Gasteiger partial charge in [0.15, 0.2) is 18.7 Å². The van der Waals surface area contributed by atoms with Crippen molar-refractivity contribution in [2.24, 2.45) is 0 Å². The van der Waals surface area contributed by atoms with Crippen LogP contribution in [0.3, 0.4) is 0 Å². The van der Waals surface area contributed by atoms with Crippen molar-refractivity contribution in [3.8, 4) is 0 Å². The highest BCUT2D eigenvalue weighted by Gasteiger charge is 2.49. The molecule has 0 spiro atoms. The molecule has 2 heterocycles. The van der Waals surface area contributed by atoms with Gasteiger partial charge >= 0.3 is 5.97 Å². The van der Waals surface area contributed by atoms with Crippen LogP contribution in [0.25, 0.3) is 0 Å². The molecule has 0 aromatic carbocycles. The monoisotopic (exact) mass is 468 g/mol. The van der Waals surface area contributed by atoms with Gasteiger partial charge in [-0.15, -0.1) is 0 Å². The molecule has 0 bridgehead atoms. The molecular formula is C20H36O12. The zero-order valence-electron chi connectivity index (χ0n) is 18.1. The Balaban J connectivity index is 1.86. The number of aliphatic hydroxyl groups is 6. The molecule has 2 aliphatic rings. The number of aliphatic carboxylic acids is 1. The molecule has 1 unspecified atom stereocenters. The maximum atomic E-state index is 11.2. The van der Waals surface area contributed by atoms with Crippen molar-refractivity contribution in [3.05, 3.63) is 0 Å². The fourth-order valence-electron chi connectivity index (χ4n) is 3.65. The van der Waals surface area contributed by atoms with Crippen LogP contribution in [0.5, 0.6) is 0 Å². The molecule has 0 aliphatic carbocycles. The highest BCUT2D eigenvalue weighted by atomic mass is 16.7. The van der Waals surface area contributed by atoms with E-state index in [0.717, 1.165) is 32.1 Å². The van der Waals surface area contributed by atoms with Crippen LogP contribution in [0.2, 0.25) is 0 Å². The summed E-state index contributed by atoms with van der Waals surface area (Å²) in [5.41, 5.74) is 0. The molecule has 2 rings (SSSR count). The summed E-state index contributed by atoms with van der Waals surface area (Å²) in [6, 6.07) is 0. The van der Waals surface area contributed by atoms with E-state index in [1.165, 1.54) is 6.42 Å². The lowest BCUT2D eigenvalue weighted by molar-refractivity contribution is -0.327. The van der Waals surface area contributed by atoms with Gasteiger partial charge in [-0.2, -0.15) is 0 Å². The van der Waals surface area contributed by atoms with Crippen LogP contribution in [-0.2, 0) is 23.7 Å². The molecule has 32 heavy (non-hydrogen) atoms. The summed E-state index contributed by atoms with van der Waals surface area (Å²) in [6.45, 7) is 1.92. The topological polar surface area (TPSA) is 196 Å². The fraction of sp³-hybridized carbons (Fsp3) is 0.950. The summed E-state index contributed by atoms with van der Waals surface area (Å²) < 4.78 is 21.3. The van der Waals surface area contributed by atoms with Gasteiger partial charge in [0.05, 0.1) is 6.61 Å². The van der Waals surface area contributed by atoms with E-state index in [9.17, 15) is 35.4 Å². The van der Waals surface area contributed by atoms with Crippen LogP contribution in [0.4, 0.5) is 0 Å². The third-order valence-corrected chi connectivity index (χ3v) is 5.69.